The Morgan fingerprint density at radius 2 is 2.25 bits per heavy atom. The molecule has 0 spiro atoms. The Bertz CT molecular complexity index is 550. The van der Waals surface area contributed by atoms with Gasteiger partial charge < -0.3 is 10.1 Å². The first-order valence-corrected chi connectivity index (χ1v) is 8.14. The second kappa shape index (κ2) is 6.42. The molecule has 1 aromatic carbocycles. The van der Waals surface area contributed by atoms with Gasteiger partial charge >= 0.3 is 0 Å². The van der Waals surface area contributed by atoms with Gasteiger partial charge in [0.1, 0.15) is 5.75 Å². The molecule has 0 fully saturated rings. The summed E-state index contributed by atoms with van der Waals surface area (Å²) >= 11 is 1.85. The smallest absolute Gasteiger partial charge is 0.119 e. The van der Waals surface area contributed by atoms with Gasteiger partial charge in [0.05, 0.1) is 7.11 Å². The van der Waals surface area contributed by atoms with E-state index in [1.807, 2.05) is 11.3 Å². The summed E-state index contributed by atoms with van der Waals surface area (Å²) in [6.07, 6.45) is 4.68. The summed E-state index contributed by atoms with van der Waals surface area (Å²) in [4.78, 5) is 1.47. The van der Waals surface area contributed by atoms with Crippen LogP contribution in [-0.2, 0) is 19.3 Å². The van der Waals surface area contributed by atoms with E-state index in [0.29, 0.717) is 6.04 Å². The first-order chi connectivity index (χ1) is 9.85. The van der Waals surface area contributed by atoms with Crippen molar-refractivity contribution < 1.29 is 4.74 Å². The van der Waals surface area contributed by atoms with E-state index in [2.05, 4.69) is 41.0 Å². The Labute approximate surface area is 124 Å². The number of nitrogens with one attached hydrogen (secondary N) is 1. The van der Waals surface area contributed by atoms with Crippen LogP contribution in [0.3, 0.4) is 0 Å². The third-order valence-corrected chi connectivity index (χ3v) is 4.96. The molecule has 20 heavy (non-hydrogen) atoms. The summed E-state index contributed by atoms with van der Waals surface area (Å²) in [5, 5.41) is 5.86. The highest BCUT2D eigenvalue weighted by molar-refractivity contribution is 7.09. The van der Waals surface area contributed by atoms with Crippen molar-refractivity contribution in [1.82, 2.24) is 5.32 Å². The Balaban J connectivity index is 1.55. The van der Waals surface area contributed by atoms with E-state index in [0.717, 1.165) is 25.1 Å². The first-order valence-electron chi connectivity index (χ1n) is 7.26. The lowest BCUT2D eigenvalue weighted by Crippen LogP contribution is -2.35. The lowest BCUT2D eigenvalue weighted by atomic mass is 9.88. The fraction of sp³-hybridized carbons (Fsp3) is 0.412. The molecule has 0 aliphatic heterocycles. The molecule has 0 bridgehead atoms. The Morgan fingerprint density at radius 1 is 1.30 bits per heavy atom. The van der Waals surface area contributed by atoms with Crippen molar-refractivity contribution in [2.75, 3.05) is 13.7 Å². The number of benzene rings is 1. The van der Waals surface area contributed by atoms with E-state index < -0.39 is 0 Å². The van der Waals surface area contributed by atoms with Crippen molar-refractivity contribution in [3.8, 4) is 5.75 Å². The summed E-state index contributed by atoms with van der Waals surface area (Å²) in [7, 11) is 1.74. The first kappa shape index (κ1) is 13.7. The van der Waals surface area contributed by atoms with Gasteiger partial charge in [0.2, 0.25) is 0 Å². The van der Waals surface area contributed by atoms with Gasteiger partial charge in [-0.05, 0) is 60.4 Å². The molecule has 0 saturated carbocycles. The van der Waals surface area contributed by atoms with Crippen molar-refractivity contribution in [3.05, 3.63) is 51.7 Å². The van der Waals surface area contributed by atoms with Crippen LogP contribution in [0, 0.1) is 0 Å². The minimum Gasteiger partial charge on any atom is -0.497 e. The molecule has 1 aromatic heterocycles. The van der Waals surface area contributed by atoms with Crippen LogP contribution in [-0.4, -0.2) is 19.7 Å². The second-order valence-electron chi connectivity index (χ2n) is 5.36. The summed E-state index contributed by atoms with van der Waals surface area (Å²) in [6, 6.07) is 11.4. The summed E-state index contributed by atoms with van der Waals surface area (Å²) in [5.74, 6) is 0.975. The Kier molecular flexibility index (Phi) is 4.38. The van der Waals surface area contributed by atoms with E-state index in [-0.39, 0.29) is 0 Å². The van der Waals surface area contributed by atoms with Crippen LogP contribution in [0.2, 0.25) is 0 Å². The summed E-state index contributed by atoms with van der Waals surface area (Å²) in [5.41, 5.74) is 2.94. The lowest BCUT2D eigenvalue weighted by molar-refractivity contribution is 0.411. The molecular formula is C17H21NOS. The van der Waals surface area contributed by atoms with Crippen molar-refractivity contribution in [1.29, 1.82) is 0 Å². The number of hydrogen-bond donors (Lipinski definition) is 1. The van der Waals surface area contributed by atoms with E-state index in [1.165, 1.54) is 28.8 Å². The van der Waals surface area contributed by atoms with Crippen LogP contribution in [0.1, 0.15) is 22.4 Å². The highest BCUT2D eigenvalue weighted by Gasteiger charge is 2.18. The van der Waals surface area contributed by atoms with Gasteiger partial charge in [-0.2, -0.15) is 0 Å². The molecule has 1 aliphatic carbocycles. The molecule has 1 aliphatic rings. The lowest BCUT2D eigenvalue weighted by Gasteiger charge is -2.26. The molecule has 0 amide bonds. The maximum absolute atomic E-state index is 5.33. The molecule has 1 heterocycles. The number of hydrogen-bond acceptors (Lipinski definition) is 3. The molecule has 3 rings (SSSR count). The highest BCUT2D eigenvalue weighted by atomic mass is 32.1. The number of ether oxygens (including phenoxy) is 1. The van der Waals surface area contributed by atoms with Crippen LogP contribution < -0.4 is 10.1 Å². The zero-order chi connectivity index (χ0) is 13.8. The van der Waals surface area contributed by atoms with E-state index in [4.69, 9.17) is 4.74 Å². The third-order valence-electron chi connectivity index (χ3n) is 4.03. The van der Waals surface area contributed by atoms with Gasteiger partial charge in [-0.15, -0.1) is 11.3 Å². The number of rotatable bonds is 5. The molecule has 0 saturated heterocycles. The average Bonchev–Trinajstić information content (AvgIpc) is 3.00. The fourth-order valence-corrected chi connectivity index (χ4v) is 3.60. The van der Waals surface area contributed by atoms with Gasteiger partial charge in [0, 0.05) is 17.5 Å². The van der Waals surface area contributed by atoms with E-state index in [9.17, 15) is 0 Å². The normalized spacial score (nSPS) is 17.8. The molecular weight excluding hydrogens is 266 g/mol. The average molecular weight is 287 g/mol. The zero-order valence-electron chi connectivity index (χ0n) is 11.9. The molecule has 106 valence electrons. The Hall–Kier alpha value is -1.32. The molecule has 1 N–H and O–H groups in total. The summed E-state index contributed by atoms with van der Waals surface area (Å²) in [6.45, 7) is 1.07. The van der Waals surface area contributed by atoms with Crippen molar-refractivity contribution in [3.63, 3.8) is 0 Å². The Morgan fingerprint density at radius 3 is 3.05 bits per heavy atom. The predicted molar refractivity (Wildman–Crippen MR) is 84.8 cm³/mol. The van der Waals surface area contributed by atoms with Crippen LogP contribution in [0.4, 0.5) is 0 Å². The van der Waals surface area contributed by atoms with Crippen LogP contribution in [0.5, 0.6) is 5.75 Å². The largest absolute Gasteiger partial charge is 0.497 e. The SMILES string of the molecule is COc1ccc2c(c1)CC(NCCc1cccs1)CC2. The maximum Gasteiger partial charge on any atom is 0.119 e. The topological polar surface area (TPSA) is 21.3 Å². The second-order valence-corrected chi connectivity index (χ2v) is 6.39. The fourth-order valence-electron chi connectivity index (χ4n) is 2.89. The van der Waals surface area contributed by atoms with Crippen molar-refractivity contribution in [2.45, 2.75) is 31.7 Å². The van der Waals surface area contributed by atoms with Gasteiger partial charge in [-0.3, -0.25) is 0 Å². The minimum absolute atomic E-state index is 0.606. The van der Waals surface area contributed by atoms with Crippen LogP contribution in [0.15, 0.2) is 35.7 Å². The predicted octanol–water partition coefficient (Wildman–Crippen LogP) is 3.45. The number of thiophene rings is 1. The number of fused-ring (bicyclic) bond motifs is 1. The zero-order valence-corrected chi connectivity index (χ0v) is 12.7. The van der Waals surface area contributed by atoms with E-state index in [1.54, 1.807) is 7.11 Å². The van der Waals surface area contributed by atoms with Crippen LogP contribution in [0.25, 0.3) is 0 Å². The van der Waals surface area contributed by atoms with Crippen molar-refractivity contribution >= 4 is 11.3 Å². The van der Waals surface area contributed by atoms with Crippen molar-refractivity contribution in [2.24, 2.45) is 0 Å². The standard InChI is InChI=1S/C17H21NOS/c1-19-16-7-5-13-4-6-15(11-14(13)12-16)18-9-8-17-3-2-10-20-17/h2-3,5,7,10,12,15,18H,4,6,8-9,11H2,1H3. The maximum atomic E-state index is 5.33. The molecule has 1 atom stereocenters. The quantitative estimate of drug-likeness (QED) is 0.909. The molecule has 1 unspecified atom stereocenters. The molecule has 0 radical (unpaired) electrons. The summed E-state index contributed by atoms with van der Waals surface area (Å²) < 4.78 is 5.33. The number of methoxy groups -OCH3 is 1. The minimum atomic E-state index is 0.606. The van der Waals surface area contributed by atoms with Gasteiger partial charge in [0.25, 0.3) is 0 Å². The van der Waals surface area contributed by atoms with Gasteiger partial charge in [-0.1, -0.05) is 12.1 Å². The van der Waals surface area contributed by atoms with Gasteiger partial charge in [-0.25, -0.2) is 0 Å². The number of aryl methyl sites for hydroxylation is 1. The van der Waals surface area contributed by atoms with E-state index >= 15 is 0 Å². The van der Waals surface area contributed by atoms with Gasteiger partial charge in [0.15, 0.2) is 0 Å². The molecule has 2 nitrogen and oxygen atoms in total. The highest BCUT2D eigenvalue weighted by Crippen LogP contribution is 2.25. The monoisotopic (exact) mass is 287 g/mol. The third kappa shape index (κ3) is 3.22. The molecule has 3 heteroatoms. The molecule has 2 aromatic rings. The van der Waals surface area contributed by atoms with Crippen LogP contribution >= 0.6 is 11.3 Å².